The average molecular weight is 389 g/mol. The second kappa shape index (κ2) is 22.1. The van der Waals surface area contributed by atoms with Crippen LogP contribution in [0.5, 0.6) is 0 Å². The fraction of sp³-hybridized carbons (Fsp3) is 1.00. The van der Waals surface area contributed by atoms with Crippen LogP contribution in [0.4, 0.5) is 4.39 Å². The average Bonchev–Trinajstić information content (AvgIpc) is 2.66. The van der Waals surface area contributed by atoms with Crippen molar-refractivity contribution >= 4 is 0 Å². The first-order valence-corrected chi connectivity index (χ1v) is 12.0. The Morgan fingerprint density at radius 1 is 0.667 bits per heavy atom. The molecule has 0 bridgehead atoms. The predicted octanol–water partition coefficient (Wildman–Crippen LogP) is 8.03. The van der Waals surface area contributed by atoms with E-state index in [2.05, 4.69) is 13.8 Å². The van der Waals surface area contributed by atoms with Gasteiger partial charge in [0, 0.05) is 13.2 Å². The third-order valence-electron chi connectivity index (χ3n) is 5.25. The summed E-state index contributed by atoms with van der Waals surface area (Å²) in [5.41, 5.74) is 0. The van der Waals surface area contributed by atoms with Crippen molar-refractivity contribution in [1.29, 1.82) is 0 Å². The third-order valence-corrected chi connectivity index (χ3v) is 5.25. The molecule has 0 heterocycles. The Kier molecular flexibility index (Phi) is 22.0. The molecule has 0 saturated heterocycles. The second-order valence-electron chi connectivity index (χ2n) is 8.14. The highest BCUT2D eigenvalue weighted by molar-refractivity contribution is 4.54. The van der Waals surface area contributed by atoms with Gasteiger partial charge in [-0.25, -0.2) is 4.39 Å². The SMILES string of the molecule is CCCCOC(CC)COCCCCCCCCCCCCCCC(C)F. The minimum Gasteiger partial charge on any atom is -0.379 e. The molecule has 164 valence electrons. The largest absolute Gasteiger partial charge is 0.379 e. The van der Waals surface area contributed by atoms with Gasteiger partial charge in [-0.15, -0.1) is 0 Å². The lowest BCUT2D eigenvalue weighted by Crippen LogP contribution is -2.20. The number of halogens is 1. The zero-order valence-corrected chi connectivity index (χ0v) is 18.8. The van der Waals surface area contributed by atoms with Gasteiger partial charge in [-0.3, -0.25) is 0 Å². The minimum atomic E-state index is -0.616. The van der Waals surface area contributed by atoms with Crippen molar-refractivity contribution in [3.63, 3.8) is 0 Å². The van der Waals surface area contributed by atoms with E-state index in [1.807, 2.05) is 0 Å². The molecule has 0 aromatic heterocycles. The Hall–Kier alpha value is -0.150. The standard InChI is InChI=1S/C24H49FO2/c1-4-6-21-27-24(5-2)22-26-20-18-16-14-12-10-8-7-9-11-13-15-17-19-23(3)25/h23-24H,4-22H2,1-3H3. The fourth-order valence-electron chi connectivity index (χ4n) is 3.29. The third kappa shape index (κ3) is 22.0. The number of hydrogen-bond acceptors (Lipinski definition) is 2. The van der Waals surface area contributed by atoms with Gasteiger partial charge in [0.1, 0.15) is 0 Å². The van der Waals surface area contributed by atoms with Crippen molar-refractivity contribution in [2.75, 3.05) is 19.8 Å². The zero-order chi connectivity index (χ0) is 20.0. The molecule has 0 aromatic carbocycles. The Balaban J connectivity index is 3.16. The van der Waals surface area contributed by atoms with Crippen molar-refractivity contribution in [2.24, 2.45) is 0 Å². The van der Waals surface area contributed by atoms with E-state index >= 15 is 0 Å². The number of hydrogen-bond donors (Lipinski definition) is 0. The van der Waals surface area contributed by atoms with Crippen LogP contribution in [-0.2, 0) is 9.47 Å². The smallest absolute Gasteiger partial charge is 0.0973 e. The van der Waals surface area contributed by atoms with E-state index in [0.29, 0.717) is 0 Å². The molecule has 0 aliphatic carbocycles. The molecule has 0 N–H and O–H groups in total. The quantitative estimate of drug-likeness (QED) is 0.175. The van der Waals surface area contributed by atoms with Crippen LogP contribution < -0.4 is 0 Å². The van der Waals surface area contributed by atoms with Crippen molar-refractivity contribution in [3.8, 4) is 0 Å². The van der Waals surface area contributed by atoms with Crippen molar-refractivity contribution in [2.45, 2.75) is 136 Å². The molecule has 0 aromatic rings. The minimum absolute atomic E-state index is 0.281. The van der Waals surface area contributed by atoms with Crippen LogP contribution in [0.1, 0.15) is 124 Å². The van der Waals surface area contributed by atoms with E-state index in [1.165, 1.54) is 77.0 Å². The van der Waals surface area contributed by atoms with E-state index in [-0.39, 0.29) is 6.10 Å². The maximum atomic E-state index is 12.7. The molecular formula is C24H49FO2. The van der Waals surface area contributed by atoms with Crippen molar-refractivity contribution in [3.05, 3.63) is 0 Å². The Morgan fingerprint density at radius 2 is 1.19 bits per heavy atom. The van der Waals surface area contributed by atoms with Gasteiger partial charge in [-0.1, -0.05) is 90.9 Å². The predicted molar refractivity (Wildman–Crippen MR) is 116 cm³/mol. The van der Waals surface area contributed by atoms with E-state index in [9.17, 15) is 4.39 Å². The molecule has 2 atom stereocenters. The van der Waals surface area contributed by atoms with Gasteiger partial charge in [0.15, 0.2) is 0 Å². The number of ether oxygens (including phenoxy) is 2. The van der Waals surface area contributed by atoms with Crippen molar-refractivity contribution < 1.29 is 13.9 Å². The van der Waals surface area contributed by atoms with Gasteiger partial charge in [0.25, 0.3) is 0 Å². The summed E-state index contributed by atoms with van der Waals surface area (Å²) >= 11 is 0. The summed E-state index contributed by atoms with van der Waals surface area (Å²) in [6, 6.07) is 0. The van der Waals surface area contributed by atoms with Crippen LogP contribution in [0, 0.1) is 0 Å². The highest BCUT2D eigenvalue weighted by atomic mass is 19.1. The van der Waals surface area contributed by atoms with Crippen LogP contribution in [0.2, 0.25) is 0 Å². The molecule has 2 nitrogen and oxygen atoms in total. The number of alkyl halides is 1. The highest BCUT2D eigenvalue weighted by Gasteiger charge is 2.06. The topological polar surface area (TPSA) is 18.5 Å². The van der Waals surface area contributed by atoms with Gasteiger partial charge in [-0.2, -0.15) is 0 Å². The molecule has 0 amide bonds. The Bertz CT molecular complexity index is 271. The van der Waals surface area contributed by atoms with Crippen LogP contribution >= 0.6 is 0 Å². The summed E-state index contributed by atoms with van der Waals surface area (Å²) in [6.45, 7) is 8.55. The van der Waals surface area contributed by atoms with E-state index < -0.39 is 6.17 Å². The molecule has 0 rings (SSSR count). The van der Waals surface area contributed by atoms with Gasteiger partial charge in [0.05, 0.1) is 18.9 Å². The van der Waals surface area contributed by atoms with Crippen LogP contribution in [0.25, 0.3) is 0 Å². The normalized spacial score (nSPS) is 13.8. The van der Waals surface area contributed by atoms with E-state index in [4.69, 9.17) is 9.47 Å². The molecule has 0 aliphatic heterocycles. The van der Waals surface area contributed by atoms with Crippen LogP contribution in [0.3, 0.4) is 0 Å². The zero-order valence-electron chi connectivity index (χ0n) is 18.8. The number of unbranched alkanes of at least 4 members (excludes halogenated alkanes) is 12. The highest BCUT2D eigenvalue weighted by Crippen LogP contribution is 2.13. The lowest BCUT2D eigenvalue weighted by molar-refractivity contribution is -0.0197. The van der Waals surface area contributed by atoms with Crippen molar-refractivity contribution in [1.82, 2.24) is 0 Å². The maximum absolute atomic E-state index is 12.7. The van der Waals surface area contributed by atoms with Gasteiger partial charge in [0.2, 0.25) is 0 Å². The summed E-state index contributed by atoms with van der Waals surface area (Å²) in [5.74, 6) is 0. The summed E-state index contributed by atoms with van der Waals surface area (Å²) in [7, 11) is 0. The lowest BCUT2D eigenvalue weighted by Gasteiger charge is -2.16. The lowest BCUT2D eigenvalue weighted by atomic mass is 10.0. The maximum Gasteiger partial charge on any atom is 0.0973 e. The van der Waals surface area contributed by atoms with Gasteiger partial charge < -0.3 is 9.47 Å². The Morgan fingerprint density at radius 3 is 1.67 bits per heavy atom. The number of rotatable bonds is 22. The summed E-state index contributed by atoms with van der Waals surface area (Å²) in [6.07, 6.45) is 19.4. The first kappa shape index (κ1) is 26.9. The second-order valence-corrected chi connectivity index (χ2v) is 8.14. The van der Waals surface area contributed by atoms with Gasteiger partial charge >= 0.3 is 0 Å². The molecule has 0 saturated carbocycles. The van der Waals surface area contributed by atoms with E-state index in [1.54, 1.807) is 6.92 Å². The molecule has 0 radical (unpaired) electrons. The molecule has 0 spiro atoms. The first-order chi connectivity index (χ1) is 13.2. The summed E-state index contributed by atoms with van der Waals surface area (Å²) in [4.78, 5) is 0. The van der Waals surface area contributed by atoms with Gasteiger partial charge in [-0.05, 0) is 32.6 Å². The Labute approximate surface area is 170 Å². The van der Waals surface area contributed by atoms with Crippen LogP contribution in [-0.4, -0.2) is 32.1 Å². The molecule has 27 heavy (non-hydrogen) atoms. The first-order valence-electron chi connectivity index (χ1n) is 12.0. The summed E-state index contributed by atoms with van der Waals surface area (Å²) < 4.78 is 24.3. The molecule has 2 unspecified atom stereocenters. The van der Waals surface area contributed by atoms with E-state index in [0.717, 1.165) is 45.5 Å². The monoisotopic (exact) mass is 388 g/mol. The molecule has 0 fully saturated rings. The molecule has 3 heteroatoms. The van der Waals surface area contributed by atoms with Crippen LogP contribution in [0.15, 0.2) is 0 Å². The molecular weight excluding hydrogens is 339 g/mol. The fourth-order valence-corrected chi connectivity index (χ4v) is 3.29. The summed E-state index contributed by atoms with van der Waals surface area (Å²) in [5, 5.41) is 0. The molecule has 0 aliphatic rings.